The fourth-order valence-corrected chi connectivity index (χ4v) is 3.40. The first-order valence-electron chi connectivity index (χ1n) is 7.95. The molecule has 122 valence electrons. The van der Waals surface area contributed by atoms with Crippen LogP contribution >= 0.6 is 11.6 Å². The van der Waals surface area contributed by atoms with Crippen LogP contribution in [0, 0.1) is 6.92 Å². The molecular formula is C19H18ClN3O. The molecule has 0 unspecified atom stereocenters. The molecule has 0 saturated carbocycles. The molecule has 2 heterocycles. The average Bonchev–Trinajstić information content (AvgIpc) is 3.20. The van der Waals surface area contributed by atoms with Crippen LogP contribution in [-0.2, 0) is 6.42 Å². The number of hydrogen-bond acceptors (Lipinski definition) is 3. The fraction of sp³-hybridized carbons (Fsp3) is 0.211. The molecule has 0 saturated heterocycles. The minimum atomic E-state index is 0.744. The van der Waals surface area contributed by atoms with Gasteiger partial charge in [-0.25, -0.2) is 4.68 Å². The Balaban J connectivity index is 1.95. The van der Waals surface area contributed by atoms with Crippen LogP contribution in [0.15, 0.2) is 42.5 Å². The molecule has 1 aliphatic heterocycles. The lowest BCUT2D eigenvalue weighted by molar-refractivity contribution is 0.416. The molecule has 1 N–H and O–H groups in total. The zero-order chi connectivity index (χ0) is 16.7. The van der Waals surface area contributed by atoms with E-state index in [0.29, 0.717) is 0 Å². The smallest absolute Gasteiger partial charge is 0.133 e. The second-order valence-electron chi connectivity index (χ2n) is 5.85. The van der Waals surface area contributed by atoms with E-state index in [-0.39, 0.29) is 0 Å². The van der Waals surface area contributed by atoms with Crippen molar-refractivity contribution in [3.05, 3.63) is 58.6 Å². The second-order valence-corrected chi connectivity index (χ2v) is 6.26. The first kappa shape index (κ1) is 15.1. The van der Waals surface area contributed by atoms with Gasteiger partial charge in [0, 0.05) is 22.7 Å². The Morgan fingerprint density at radius 3 is 2.83 bits per heavy atom. The summed E-state index contributed by atoms with van der Waals surface area (Å²) in [5.41, 5.74) is 5.21. The number of benzene rings is 2. The summed E-state index contributed by atoms with van der Waals surface area (Å²) < 4.78 is 7.49. The maximum Gasteiger partial charge on any atom is 0.133 e. The summed E-state index contributed by atoms with van der Waals surface area (Å²) >= 11 is 6.30. The third-order valence-electron chi connectivity index (χ3n) is 4.48. The molecule has 0 atom stereocenters. The predicted octanol–water partition coefficient (Wildman–Crippen LogP) is 4.48. The van der Waals surface area contributed by atoms with Gasteiger partial charge in [0.2, 0.25) is 0 Å². The SMILES string of the molecule is COc1ccccc1-c1nn(-c2cccc(Cl)c2C)c2c1CCN2. The highest BCUT2D eigenvalue weighted by atomic mass is 35.5. The normalized spacial score (nSPS) is 12.8. The molecule has 5 heteroatoms. The molecule has 3 aromatic rings. The van der Waals surface area contributed by atoms with Gasteiger partial charge in [-0.15, -0.1) is 0 Å². The fourth-order valence-electron chi connectivity index (χ4n) is 3.23. The monoisotopic (exact) mass is 339 g/mol. The van der Waals surface area contributed by atoms with E-state index in [9.17, 15) is 0 Å². The maximum absolute atomic E-state index is 6.30. The minimum Gasteiger partial charge on any atom is -0.496 e. The number of ether oxygens (including phenoxy) is 1. The van der Waals surface area contributed by atoms with Crippen molar-refractivity contribution in [2.24, 2.45) is 0 Å². The molecule has 0 fully saturated rings. The van der Waals surface area contributed by atoms with Gasteiger partial charge in [-0.3, -0.25) is 0 Å². The Kier molecular flexibility index (Phi) is 3.69. The Morgan fingerprint density at radius 1 is 1.17 bits per heavy atom. The van der Waals surface area contributed by atoms with Crippen LogP contribution in [0.3, 0.4) is 0 Å². The maximum atomic E-state index is 6.30. The van der Waals surface area contributed by atoms with E-state index in [1.54, 1.807) is 7.11 Å². The van der Waals surface area contributed by atoms with Crippen LogP contribution in [0.1, 0.15) is 11.1 Å². The van der Waals surface area contributed by atoms with E-state index in [2.05, 4.69) is 11.4 Å². The lowest BCUT2D eigenvalue weighted by Gasteiger charge is -2.10. The van der Waals surface area contributed by atoms with Crippen LogP contribution in [0.4, 0.5) is 5.82 Å². The van der Waals surface area contributed by atoms with Crippen LogP contribution in [-0.4, -0.2) is 23.4 Å². The number of aromatic nitrogens is 2. The summed E-state index contributed by atoms with van der Waals surface area (Å²) in [6.07, 6.45) is 0.947. The minimum absolute atomic E-state index is 0.744. The van der Waals surface area contributed by atoms with Crippen molar-refractivity contribution >= 4 is 17.4 Å². The van der Waals surface area contributed by atoms with Gasteiger partial charge in [-0.05, 0) is 43.2 Å². The molecule has 4 nitrogen and oxygen atoms in total. The third-order valence-corrected chi connectivity index (χ3v) is 4.89. The highest BCUT2D eigenvalue weighted by Crippen LogP contribution is 2.39. The van der Waals surface area contributed by atoms with E-state index in [1.165, 1.54) is 5.56 Å². The van der Waals surface area contributed by atoms with Gasteiger partial charge in [-0.1, -0.05) is 29.8 Å². The summed E-state index contributed by atoms with van der Waals surface area (Å²) in [6, 6.07) is 13.9. The molecule has 0 radical (unpaired) electrons. The number of rotatable bonds is 3. The number of hydrogen-bond donors (Lipinski definition) is 1. The van der Waals surface area contributed by atoms with Gasteiger partial charge in [0.15, 0.2) is 0 Å². The van der Waals surface area contributed by atoms with Crippen molar-refractivity contribution in [1.82, 2.24) is 9.78 Å². The molecule has 0 bridgehead atoms. The Bertz CT molecular complexity index is 917. The molecule has 0 spiro atoms. The van der Waals surface area contributed by atoms with Crippen molar-refractivity contribution in [3.8, 4) is 22.7 Å². The van der Waals surface area contributed by atoms with Crippen molar-refractivity contribution < 1.29 is 4.74 Å². The van der Waals surface area contributed by atoms with E-state index in [0.717, 1.165) is 52.1 Å². The van der Waals surface area contributed by atoms with Gasteiger partial charge in [-0.2, -0.15) is 5.10 Å². The second kappa shape index (κ2) is 5.87. The van der Waals surface area contributed by atoms with E-state index >= 15 is 0 Å². The zero-order valence-electron chi connectivity index (χ0n) is 13.6. The molecule has 4 rings (SSSR count). The molecular weight excluding hydrogens is 322 g/mol. The number of para-hydroxylation sites is 1. The molecule has 1 aliphatic rings. The molecule has 0 amide bonds. The lowest BCUT2D eigenvalue weighted by Crippen LogP contribution is -2.06. The lowest BCUT2D eigenvalue weighted by atomic mass is 10.1. The summed E-state index contributed by atoms with van der Waals surface area (Å²) in [5, 5.41) is 9.10. The van der Waals surface area contributed by atoms with Crippen LogP contribution in [0.2, 0.25) is 5.02 Å². The summed E-state index contributed by atoms with van der Waals surface area (Å²) in [7, 11) is 1.69. The van der Waals surface area contributed by atoms with Crippen molar-refractivity contribution in [2.75, 3.05) is 19.0 Å². The van der Waals surface area contributed by atoms with Gasteiger partial charge >= 0.3 is 0 Å². The summed E-state index contributed by atoms with van der Waals surface area (Å²) in [5.74, 6) is 1.88. The quantitative estimate of drug-likeness (QED) is 0.764. The van der Waals surface area contributed by atoms with Crippen LogP contribution < -0.4 is 10.1 Å². The number of nitrogens with zero attached hydrogens (tertiary/aromatic N) is 2. The van der Waals surface area contributed by atoms with Crippen LogP contribution in [0.5, 0.6) is 5.75 Å². The van der Waals surface area contributed by atoms with Crippen molar-refractivity contribution in [3.63, 3.8) is 0 Å². The number of methoxy groups -OCH3 is 1. The number of fused-ring (bicyclic) bond motifs is 1. The standard InChI is InChI=1S/C19H18ClN3O/c1-12-15(20)7-5-8-16(12)23-19-14(10-11-21-19)18(22-23)13-6-3-4-9-17(13)24-2/h3-9,21H,10-11H2,1-2H3. The molecule has 2 aromatic carbocycles. The van der Waals surface area contributed by atoms with Crippen molar-refractivity contribution in [2.45, 2.75) is 13.3 Å². The van der Waals surface area contributed by atoms with Gasteiger partial charge < -0.3 is 10.1 Å². The van der Waals surface area contributed by atoms with E-state index in [4.69, 9.17) is 21.4 Å². The predicted molar refractivity (Wildman–Crippen MR) is 97.5 cm³/mol. The number of halogens is 1. The average molecular weight is 340 g/mol. The van der Waals surface area contributed by atoms with Gasteiger partial charge in [0.25, 0.3) is 0 Å². The first-order chi connectivity index (χ1) is 11.7. The number of anilines is 1. The molecule has 1 aromatic heterocycles. The van der Waals surface area contributed by atoms with E-state index < -0.39 is 0 Å². The van der Waals surface area contributed by atoms with Gasteiger partial charge in [0.1, 0.15) is 17.3 Å². The molecule has 24 heavy (non-hydrogen) atoms. The largest absolute Gasteiger partial charge is 0.496 e. The summed E-state index contributed by atoms with van der Waals surface area (Å²) in [6.45, 7) is 2.93. The Labute approximate surface area is 146 Å². The zero-order valence-corrected chi connectivity index (χ0v) is 14.4. The Hall–Kier alpha value is -2.46. The first-order valence-corrected chi connectivity index (χ1v) is 8.33. The third kappa shape index (κ3) is 2.26. The number of nitrogens with one attached hydrogen (secondary N) is 1. The van der Waals surface area contributed by atoms with Crippen LogP contribution in [0.25, 0.3) is 16.9 Å². The van der Waals surface area contributed by atoms with Crippen molar-refractivity contribution in [1.29, 1.82) is 0 Å². The van der Waals surface area contributed by atoms with Gasteiger partial charge in [0.05, 0.1) is 12.8 Å². The highest BCUT2D eigenvalue weighted by molar-refractivity contribution is 6.31. The topological polar surface area (TPSA) is 39.1 Å². The van der Waals surface area contributed by atoms with E-state index in [1.807, 2.05) is 48.0 Å². The summed E-state index contributed by atoms with van der Waals surface area (Å²) in [4.78, 5) is 0. The Morgan fingerprint density at radius 2 is 2.00 bits per heavy atom. The molecule has 0 aliphatic carbocycles. The highest BCUT2D eigenvalue weighted by Gasteiger charge is 2.26.